The summed E-state index contributed by atoms with van der Waals surface area (Å²) in [6.07, 6.45) is 4.13. The molecule has 1 amide bonds. The summed E-state index contributed by atoms with van der Waals surface area (Å²) in [5, 5.41) is 12.1. The van der Waals surface area contributed by atoms with Gasteiger partial charge in [0.25, 0.3) is 5.91 Å². The molecule has 3 rings (SSSR count). The molecule has 2 aliphatic carbocycles. The monoisotopic (exact) mass is 316 g/mol. The molecule has 0 spiro atoms. The number of carbonyl (C=O) groups is 2. The third kappa shape index (κ3) is 4.32. The number of carboxylic acid groups (broad SMARTS) is 1. The molecule has 1 aromatic rings. The van der Waals surface area contributed by atoms with Crippen LogP contribution in [0.25, 0.3) is 0 Å². The molecule has 0 atom stereocenters. The van der Waals surface area contributed by atoms with E-state index in [1.807, 2.05) is 31.2 Å². The van der Waals surface area contributed by atoms with Crippen LogP contribution < -0.4 is 5.32 Å². The van der Waals surface area contributed by atoms with Crippen molar-refractivity contribution in [3.05, 3.63) is 35.4 Å². The third-order valence-corrected chi connectivity index (χ3v) is 4.77. The number of rotatable bonds is 7. The molecule has 1 aromatic carbocycles. The number of aryl methyl sites for hydroxylation is 1. The number of nitrogens with zero attached hydrogens (tertiary/aromatic N) is 1. The van der Waals surface area contributed by atoms with Gasteiger partial charge in [-0.1, -0.05) is 17.7 Å². The highest BCUT2D eigenvalue weighted by Crippen LogP contribution is 2.33. The number of nitrogens with one attached hydrogen (secondary N) is 1. The zero-order chi connectivity index (χ0) is 16.4. The normalized spacial score (nSPS) is 23.4. The van der Waals surface area contributed by atoms with Crippen LogP contribution in [0.15, 0.2) is 24.3 Å². The highest BCUT2D eigenvalue weighted by atomic mass is 16.4. The van der Waals surface area contributed by atoms with Gasteiger partial charge in [0.2, 0.25) is 0 Å². The molecule has 2 aliphatic rings. The summed E-state index contributed by atoms with van der Waals surface area (Å²) in [6, 6.07) is 8.01. The number of hydrogen-bond donors (Lipinski definition) is 2. The fraction of sp³-hybridized carbons (Fsp3) is 0.556. The van der Waals surface area contributed by atoms with Gasteiger partial charge in [0.1, 0.15) is 0 Å². The number of benzene rings is 1. The molecule has 2 fully saturated rings. The first-order valence-electron chi connectivity index (χ1n) is 8.34. The van der Waals surface area contributed by atoms with Crippen LogP contribution in [0.5, 0.6) is 0 Å². The molecule has 124 valence electrons. The Bertz CT molecular complexity index is 592. The van der Waals surface area contributed by atoms with Crippen LogP contribution in [0.2, 0.25) is 0 Å². The largest absolute Gasteiger partial charge is 0.480 e. The summed E-state index contributed by atoms with van der Waals surface area (Å²) in [6.45, 7) is 2.97. The Morgan fingerprint density at radius 3 is 2.65 bits per heavy atom. The first kappa shape index (κ1) is 16.0. The van der Waals surface area contributed by atoms with E-state index in [9.17, 15) is 9.59 Å². The first-order valence-corrected chi connectivity index (χ1v) is 8.34. The quantitative estimate of drug-likeness (QED) is 0.808. The zero-order valence-electron chi connectivity index (χ0n) is 13.5. The zero-order valence-corrected chi connectivity index (χ0v) is 13.5. The Morgan fingerprint density at radius 2 is 2.04 bits per heavy atom. The maximum atomic E-state index is 12.2. The van der Waals surface area contributed by atoms with E-state index >= 15 is 0 Å². The van der Waals surface area contributed by atoms with Crippen molar-refractivity contribution in [3.8, 4) is 0 Å². The summed E-state index contributed by atoms with van der Waals surface area (Å²) in [5.74, 6) is -0.127. The topological polar surface area (TPSA) is 69.6 Å². The smallest absolute Gasteiger partial charge is 0.317 e. The van der Waals surface area contributed by atoms with Crippen molar-refractivity contribution >= 4 is 11.9 Å². The summed E-state index contributed by atoms with van der Waals surface area (Å²) >= 11 is 0. The molecule has 5 nitrogen and oxygen atoms in total. The van der Waals surface area contributed by atoms with Crippen LogP contribution in [0.4, 0.5) is 0 Å². The van der Waals surface area contributed by atoms with Crippen LogP contribution >= 0.6 is 0 Å². The van der Waals surface area contributed by atoms with Crippen LogP contribution in [-0.4, -0.2) is 47.1 Å². The molecule has 2 N–H and O–H groups in total. The summed E-state index contributed by atoms with van der Waals surface area (Å²) in [7, 11) is 0. The molecule has 23 heavy (non-hydrogen) atoms. The lowest BCUT2D eigenvalue weighted by molar-refractivity contribution is -0.139. The van der Waals surface area contributed by atoms with Gasteiger partial charge >= 0.3 is 5.97 Å². The lowest BCUT2D eigenvalue weighted by Crippen LogP contribution is -2.55. The minimum absolute atomic E-state index is 0.0378. The number of amides is 1. The Balaban J connectivity index is 1.49. The molecule has 0 bridgehead atoms. The van der Waals surface area contributed by atoms with E-state index in [0.29, 0.717) is 11.5 Å². The van der Waals surface area contributed by atoms with E-state index in [1.54, 1.807) is 0 Å². The van der Waals surface area contributed by atoms with Gasteiger partial charge in [-0.3, -0.25) is 14.5 Å². The predicted molar refractivity (Wildman–Crippen MR) is 87.4 cm³/mol. The highest BCUT2D eigenvalue weighted by molar-refractivity contribution is 5.94. The minimum atomic E-state index is -0.766. The second kappa shape index (κ2) is 6.71. The Kier molecular flexibility index (Phi) is 4.66. The van der Waals surface area contributed by atoms with Crippen LogP contribution in [0.3, 0.4) is 0 Å². The lowest BCUT2D eigenvalue weighted by Gasteiger charge is -2.42. The molecular formula is C18H24N2O3. The molecular weight excluding hydrogens is 292 g/mol. The fourth-order valence-electron chi connectivity index (χ4n) is 3.21. The maximum absolute atomic E-state index is 12.2. The Labute approximate surface area is 136 Å². The minimum Gasteiger partial charge on any atom is -0.480 e. The van der Waals surface area contributed by atoms with Gasteiger partial charge in [0, 0.05) is 24.2 Å². The Morgan fingerprint density at radius 1 is 1.30 bits per heavy atom. The summed E-state index contributed by atoms with van der Waals surface area (Å²) < 4.78 is 0. The van der Waals surface area contributed by atoms with Gasteiger partial charge in [0.05, 0.1) is 6.54 Å². The van der Waals surface area contributed by atoms with Gasteiger partial charge in [0.15, 0.2) is 0 Å². The number of aliphatic carboxylic acids is 1. The SMILES string of the molecule is Cc1cccc(C(=O)NC2CC(N(CC(=O)O)CC3CC3)C2)c1. The molecule has 0 aromatic heterocycles. The van der Waals surface area contributed by atoms with Crippen molar-refractivity contribution in [2.24, 2.45) is 5.92 Å². The fourth-order valence-corrected chi connectivity index (χ4v) is 3.21. The van der Waals surface area contributed by atoms with Crippen LogP contribution in [0.1, 0.15) is 41.6 Å². The predicted octanol–water partition coefficient (Wildman–Crippen LogP) is 2.05. The maximum Gasteiger partial charge on any atom is 0.317 e. The molecule has 2 saturated carbocycles. The number of hydrogen-bond acceptors (Lipinski definition) is 3. The van der Waals surface area contributed by atoms with Crippen molar-refractivity contribution in [2.75, 3.05) is 13.1 Å². The number of carboxylic acids is 1. The van der Waals surface area contributed by atoms with E-state index in [1.165, 1.54) is 12.8 Å². The summed E-state index contributed by atoms with van der Waals surface area (Å²) in [4.78, 5) is 25.3. The van der Waals surface area contributed by atoms with Crippen molar-refractivity contribution in [1.29, 1.82) is 0 Å². The van der Waals surface area contributed by atoms with E-state index in [4.69, 9.17) is 5.11 Å². The second-order valence-corrected chi connectivity index (χ2v) is 6.93. The van der Waals surface area contributed by atoms with Gasteiger partial charge in [-0.2, -0.15) is 0 Å². The summed E-state index contributed by atoms with van der Waals surface area (Å²) in [5.41, 5.74) is 1.76. The molecule has 0 aliphatic heterocycles. The van der Waals surface area contributed by atoms with Crippen molar-refractivity contribution in [1.82, 2.24) is 10.2 Å². The average molecular weight is 316 g/mol. The van der Waals surface area contributed by atoms with Crippen molar-refractivity contribution in [3.63, 3.8) is 0 Å². The second-order valence-electron chi connectivity index (χ2n) is 6.93. The highest BCUT2D eigenvalue weighted by Gasteiger charge is 2.37. The van der Waals surface area contributed by atoms with Crippen LogP contribution in [0, 0.1) is 12.8 Å². The lowest BCUT2D eigenvalue weighted by atomic mass is 9.85. The first-order chi connectivity index (χ1) is 11.0. The molecule has 0 saturated heterocycles. The van der Waals surface area contributed by atoms with Gasteiger partial charge in [-0.05, 0) is 50.7 Å². The van der Waals surface area contributed by atoms with E-state index in [0.717, 1.165) is 24.9 Å². The van der Waals surface area contributed by atoms with Gasteiger partial charge in [-0.25, -0.2) is 0 Å². The van der Waals surface area contributed by atoms with Crippen molar-refractivity contribution < 1.29 is 14.7 Å². The van der Waals surface area contributed by atoms with Crippen molar-refractivity contribution in [2.45, 2.75) is 44.7 Å². The average Bonchev–Trinajstić information content (AvgIpc) is 3.25. The Hall–Kier alpha value is -1.88. The van der Waals surface area contributed by atoms with Crippen LogP contribution in [-0.2, 0) is 4.79 Å². The van der Waals surface area contributed by atoms with E-state index in [2.05, 4.69) is 10.2 Å². The number of carbonyl (C=O) groups excluding carboxylic acids is 1. The molecule has 0 radical (unpaired) electrons. The van der Waals surface area contributed by atoms with E-state index in [-0.39, 0.29) is 24.5 Å². The molecule has 0 unspecified atom stereocenters. The third-order valence-electron chi connectivity index (χ3n) is 4.77. The molecule has 0 heterocycles. The van der Waals surface area contributed by atoms with Gasteiger partial charge in [-0.15, -0.1) is 0 Å². The van der Waals surface area contributed by atoms with E-state index < -0.39 is 5.97 Å². The van der Waals surface area contributed by atoms with Gasteiger partial charge < -0.3 is 10.4 Å². The molecule has 5 heteroatoms. The standard InChI is InChI=1S/C18H24N2O3/c1-12-3-2-4-14(7-12)18(23)19-15-8-16(9-15)20(11-17(21)22)10-13-5-6-13/h2-4,7,13,15-16H,5-6,8-11H2,1H3,(H,19,23)(H,21,22).